The fourth-order valence-corrected chi connectivity index (χ4v) is 5.96. The van der Waals surface area contributed by atoms with Crippen molar-refractivity contribution in [3.8, 4) is 0 Å². The van der Waals surface area contributed by atoms with Crippen LogP contribution in [-0.2, 0) is 6.54 Å². The molecule has 5 rings (SSSR count). The number of nitrogens with one attached hydrogen (secondary N) is 1. The number of rotatable bonds is 4. The van der Waals surface area contributed by atoms with Gasteiger partial charge in [0.2, 0.25) is 0 Å². The van der Waals surface area contributed by atoms with Gasteiger partial charge in [0, 0.05) is 12.7 Å². The minimum atomic E-state index is 0.276. The number of nitrogens with two attached hydrogens (primary N) is 1. The van der Waals surface area contributed by atoms with E-state index >= 15 is 0 Å². The first-order valence-corrected chi connectivity index (χ1v) is 8.22. The van der Waals surface area contributed by atoms with Gasteiger partial charge < -0.3 is 0 Å². The van der Waals surface area contributed by atoms with Gasteiger partial charge in [-0.3, -0.25) is 16.0 Å². The molecule has 110 valence electrons. The number of hydrogen-bond donors (Lipinski definition) is 2. The molecule has 1 unspecified atom stereocenters. The monoisotopic (exact) mass is 274 g/mol. The van der Waals surface area contributed by atoms with E-state index in [1.807, 2.05) is 6.20 Å². The normalized spacial score (nSPS) is 40.2. The molecule has 0 saturated heterocycles. The van der Waals surface area contributed by atoms with Gasteiger partial charge in [-0.25, -0.2) is 0 Å². The molecule has 1 heterocycles. The lowest BCUT2D eigenvalue weighted by Crippen LogP contribution is -2.53. The maximum absolute atomic E-state index is 6.02. The molecule has 1 atom stereocenters. The topological polar surface area (TPSA) is 55.9 Å². The molecule has 1 aromatic rings. The first kappa shape index (κ1) is 12.8. The number of aromatic nitrogens is 2. The van der Waals surface area contributed by atoms with Crippen molar-refractivity contribution < 1.29 is 0 Å². The number of aryl methyl sites for hydroxylation is 1. The van der Waals surface area contributed by atoms with E-state index in [0.29, 0.717) is 5.41 Å². The molecule has 0 spiro atoms. The van der Waals surface area contributed by atoms with Gasteiger partial charge in [0.25, 0.3) is 0 Å². The van der Waals surface area contributed by atoms with E-state index in [-0.39, 0.29) is 6.04 Å². The first-order chi connectivity index (χ1) is 9.74. The molecule has 4 fully saturated rings. The highest BCUT2D eigenvalue weighted by Gasteiger charge is 2.54. The van der Waals surface area contributed by atoms with Crippen LogP contribution < -0.4 is 11.3 Å². The Balaban J connectivity index is 1.71. The first-order valence-electron chi connectivity index (χ1n) is 8.22. The van der Waals surface area contributed by atoms with E-state index in [9.17, 15) is 0 Å². The molecule has 4 saturated carbocycles. The molecule has 0 aromatic carbocycles. The van der Waals surface area contributed by atoms with Gasteiger partial charge in [0.1, 0.15) is 0 Å². The maximum atomic E-state index is 6.02. The second-order valence-electron chi connectivity index (χ2n) is 7.45. The zero-order valence-corrected chi connectivity index (χ0v) is 12.4. The van der Waals surface area contributed by atoms with Gasteiger partial charge in [-0.05, 0) is 74.7 Å². The summed E-state index contributed by atoms with van der Waals surface area (Å²) in [6.45, 7) is 3.08. The fourth-order valence-electron chi connectivity index (χ4n) is 5.96. The highest BCUT2D eigenvalue weighted by Crippen LogP contribution is 2.63. The smallest absolute Gasteiger partial charge is 0.0685 e. The van der Waals surface area contributed by atoms with Crippen LogP contribution >= 0.6 is 0 Å². The molecule has 3 N–H and O–H groups in total. The Bertz CT molecular complexity index is 457. The molecule has 4 nitrogen and oxygen atoms in total. The third-order valence-electron chi connectivity index (χ3n) is 6.21. The molecule has 1 aromatic heterocycles. The van der Waals surface area contributed by atoms with E-state index in [2.05, 4.69) is 28.2 Å². The molecule has 4 bridgehead atoms. The van der Waals surface area contributed by atoms with Crippen LogP contribution in [0.2, 0.25) is 0 Å². The van der Waals surface area contributed by atoms with Crippen LogP contribution in [0.15, 0.2) is 12.3 Å². The second-order valence-corrected chi connectivity index (χ2v) is 7.45. The minimum Gasteiger partial charge on any atom is -0.271 e. The number of nitrogens with zero attached hydrogens (tertiary/aromatic N) is 2. The summed E-state index contributed by atoms with van der Waals surface area (Å²) < 4.78 is 2.11. The van der Waals surface area contributed by atoms with Crippen molar-refractivity contribution in [3.63, 3.8) is 0 Å². The molecule has 4 heteroatoms. The third kappa shape index (κ3) is 1.77. The van der Waals surface area contributed by atoms with Gasteiger partial charge in [-0.1, -0.05) is 0 Å². The van der Waals surface area contributed by atoms with Crippen molar-refractivity contribution in [2.75, 3.05) is 0 Å². The Kier molecular flexibility index (Phi) is 2.93. The molecule has 4 aliphatic carbocycles. The molecule has 0 aliphatic heterocycles. The Morgan fingerprint density at radius 2 is 1.90 bits per heavy atom. The predicted octanol–water partition coefficient (Wildman–Crippen LogP) is 2.62. The number of hydrazine groups is 1. The quantitative estimate of drug-likeness (QED) is 0.655. The van der Waals surface area contributed by atoms with Crippen molar-refractivity contribution >= 4 is 0 Å². The van der Waals surface area contributed by atoms with Crippen LogP contribution in [-0.4, -0.2) is 9.78 Å². The van der Waals surface area contributed by atoms with Crippen molar-refractivity contribution in [2.24, 2.45) is 29.0 Å². The lowest BCUT2D eigenvalue weighted by atomic mass is 9.47. The van der Waals surface area contributed by atoms with Crippen LogP contribution in [0.1, 0.15) is 57.2 Å². The van der Waals surface area contributed by atoms with Crippen LogP contribution in [0.3, 0.4) is 0 Å². The standard InChI is InChI=1S/C16H26N4/c1-2-20-14(3-4-18-20)15(19-17)16-8-11-5-12(9-16)7-13(6-11)10-16/h3-4,11-13,15,19H,2,5-10,17H2,1H3. The van der Waals surface area contributed by atoms with Crippen molar-refractivity contribution in [2.45, 2.75) is 58.0 Å². The molecular weight excluding hydrogens is 248 g/mol. The average Bonchev–Trinajstić information content (AvgIpc) is 2.85. The maximum Gasteiger partial charge on any atom is 0.0685 e. The van der Waals surface area contributed by atoms with E-state index in [1.54, 1.807) is 0 Å². The summed E-state index contributed by atoms with van der Waals surface area (Å²) in [6.07, 6.45) is 10.4. The molecular formula is C16H26N4. The highest BCUT2D eigenvalue weighted by molar-refractivity contribution is 5.16. The Morgan fingerprint density at radius 1 is 1.30 bits per heavy atom. The van der Waals surface area contributed by atoms with Crippen molar-refractivity contribution in [3.05, 3.63) is 18.0 Å². The van der Waals surface area contributed by atoms with Gasteiger partial charge in [0.05, 0.1) is 11.7 Å². The summed E-state index contributed by atoms with van der Waals surface area (Å²) in [5.41, 5.74) is 4.85. The summed E-state index contributed by atoms with van der Waals surface area (Å²) >= 11 is 0. The van der Waals surface area contributed by atoms with Gasteiger partial charge in [-0.15, -0.1) is 0 Å². The van der Waals surface area contributed by atoms with E-state index in [1.165, 1.54) is 44.2 Å². The van der Waals surface area contributed by atoms with Gasteiger partial charge in [-0.2, -0.15) is 5.10 Å². The fraction of sp³-hybridized carbons (Fsp3) is 0.812. The van der Waals surface area contributed by atoms with Crippen molar-refractivity contribution in [1.29, 1.82) is 0 Å². The van der Waals surface area contributed by atoms with E-state index in [4.69, 9.17) is 5.84 Å². The highest BCUT2D eigenvalue weighted by atomic mass is 15.3. The van der Waals surface area contributed by atoms with E-state index in [0.717, 1.165) is 24.3 Å². The Labute approximate surface area is 121 Å². The summed E-state index contributed by atoms with van der Waals surface area (Å²) in [6, 6.07) is 2.44. The zero-order chi connectivity index (χ0) is 13.7. The average molecular weight is 274 g/mol. The zero-order valence-electron chi connectivity index (χ0n) is 12.4. The lowest BCUT2D eigenvalue weighted by Gasteiger charge is -2.59. The molecule has 20 heavy (non-hydrogen) atoms. The summed E-state index contributed by atoms with van der Waals surface area (Å²) in [7, 11) is 0. The van der Waals surface area contributed by atoms with Crippen LogP contribution in [0.25, 0.3) is 0 Å². The van der Waals surface area contributed by atoms with Crippen molar-refractivity contribution in [1.82, 2.24) is 15.2 Å². The van der Waals surface area contributed by atoms with Crippen LogP contribution in [0.4, 0.5) is 0 Å². The van der Waals surface area contributed by atoms with E-state index < -0.39 is 0 Å². The summed E-state index contributed by atoms with van der Waals surface area (Å²) in [5.74, 6) is 8.88. The van der Waals surface area contributed by atoms with Crippen LogP contribution in [0.5, 0.6) is 0 Å². The minimum absolute atomic E-state index is 0.276. The summed E-state index contributed by atoms with van der Waals surface area (Å²) in [5, 5.41) is 4.45. The molecule has 0 radical (unpaired) electrons. The third-order valence-corrected chi connectivity index (χ3v) is 6.21. The van der Waals surface area contributed by atoms with Gasteiger partial charge >= 0.3 is 0 Å². The summed E-state index contributed by atoms with van der Waals surface area (Å²) in [4.78, 5) is 0. The second kappa shape index (κ2) is 4.57. The predicted molar refractivity (Wildman–Crippen MR) is 78.6 cm³/mol. The SMILES string of the molecule is CCn1nccc1C(NN)C12CC3CC(CC(C3)C1)C2. The lowest BCUT2D eigenvalue weighted by molar-refractivity contribution is -0.0764. The Morgan fingerprint density at radius 3 is 2.40 bits per heavy atom. The van der Waals surface area contributed by atoms with Gasteiger partial charge in [0.15, 0.2) is 0 Å². The largest absolute Gasteiger partial charge is 0.271 e. The Hall–Kier alpha value is -0.870. The molecule has 0 amide bonds. The number of hydrogen-bond acceptors (Lipinski definition) is 3. The molecule has 4 aliphatic rings. The van der Waals surface area contributed by atoms with Crippen LogP contribution in [0, 0.1) is 23.2 Å².